The van der Waals surface area contributed by atoms with Crippen molar-refractivity contribution in [2.24, 2.45) is 5.92 Å². The summed E-state index contributed by atoms with van der Waals surface area (Å²) in [4.78, 5) is 0. The molecule has 0 saturated heterocycles. The van der Waals surface area contributed by atoms with Crippen molar-refractivity contribution in [2.75, 3.05) is 13.2 Å². The predicted molar refractivity (Wildman–Crippen MR) is 71.9 cm³/mol. The molecule has 0 rings (SSSR count). The Hall–Kier alpha value is -0.0800. The molecule has 0 bridgehead atoms. The molecule has 0 fully saturated rings. The highest BCUT2D eigenvalue weighted by Crippen LogP contribution is 2.15. The van der Waals surface area contributed by atoms with Crippen molar-refractivity contribution in [1.29, 1.82) is 0 Å². The van der Waals surface area contributed by atoms with Crippen molar-refractivity contribution in [3.8, 4) is 0 Å². The van der Waals surface area contributed by atoms with Crippen LogP contribution in [0, 0.1) is 5.92 Å². The number of likely N-dealkylation sites (N-methyl/N-ethyl adjacent to an activating group) is 1. The number of nitrogens with one attached hydrogen (secondary N) is 1. The zero-order valence-corrected chi connectivity index (χ0v) is 11.9. The SMILES string of the molecule is CCCC(OCC)C(CCC(C)C)NCC. The molecule has 0 aromatic heterocycles. The van der Waals surface area contributed by atoms with Crippen LogP contribution in [0.5, 0.6) is 0 Å². The Morgan fingerprint density at radius 3 is 2.12 bits per heavy atom. The van der Waals surface area contributed by atoms with Gasteiger partial charge in [0.05, 0.1) is 6.10 Å². The third-order valence-electron chi connectivity index (χ3n) is 2.92. The maximum atomic E-state index is 5.87. The van der Waals surface area contributed by atoms with Gasteiger partial charge in [0.1, 0.15) is 0 Å². The summed E-state index contributed by atoms with van der Waals surface area (Å²) in [7, 11) is 0. The highest BCUT2D eigenvalue weighted by molar-refractivity contribution is 4.77. The minimum atomic E-state index is 0.397. The van der Waals surface area contributed by atoms with Crippen LogP contribution in [0.2, 0.25) is 0 Å². The fraction of sp³-hybridized carbons (Fsp3) is 1.00. The highest BCUT2D eigenvalue weighted by atomic mass is 16.5. The van der Waals surface area contributed by atoms with E-state index in [-0.39, 0.29) is 0 Å². The maximum Gasteiger partial charge on any atom is 0.0727 e. The van der Waals surface area contributed by atoms with Crippen molar-refractivity contribution in [3.05, 3.63) is 0 Å². The van der Waals surface area contributed by atoms with E-state index in [1.54, 1.807) is 0 Å². The average Bonchev–Trinajstić information content (AvgIpc) is 2.24. The van der Waals surface area contributed by atoms with Gasteiger partial charge >= 0.3 is 0 Å². The lowest BCUT2D eigenvalue weighted by Crippen LogP contribution is -2.41. The van der Waals surface area contributed by atoms with E-state index in [9.17, 15) is 0 Å². The summed E-state index contributed by atoms with van der Waals surface area (Å²) in [6, 6.07) is 0.535. The standard InChI is InChI=1S/C14H31NO/c1-6-9-14(16-8-3)13(15-7-2)11-10-12(4)5/h12-15H,6-11H2,1-5H3. The van der Waals surface area contributed by atoms with E-state index in [4.69, 9.17) is 4.74 Å². The Kier molecular flexibility index (Phi) is 10.0. The fourth-order valence-corrected chi connectivity index (χ4v) is 2.09. The van der Waals surface area contributed by atoms with Crippen LogP contribution in [0.3, 0.4) is 0 Å². The van der Waals surface area contributed by atoms with Crippen molar-refractivity contribution in [2.45, 2.75) is 72.4 Å². The van der Waals surface area contributed by atoms with Gasteiger partial charge in [0, 0.05) is 12.6 Å². The lowest BCUT2D eigenvalue weighted by molar-refractivity contribution is 0.0250. The zero-order valence-electron chi connectivity index (χ0n) is 11.9. The molecule has 98 valence electrons. The molecule has 2 unspecified atom stereocenters. The van der Waals surface area contributed by atoms with E-state index >= 15 is 0 Å². The van der Waals surface area contributed by atoms with E-state index in [2.05, 4.69) is 39.9 Å². The Balaban J connectivity index is 4.19. The first kappa shape index (κ1) is 15.9. The summed E-state index contributed by atoms with van der Waals surface area (Å²) in [6.07, 6.45) is 5.28. The lowest BCUT2D eigenvalue weighted by Gasteiger charge is -2.28. The van der Waals surface area contributed by atoms with Crippen LogP contribution in [0.4, 0.5) is 0 Å². The van der Waals surface area contributed by atoms with Crippen LogP contribution >= 0.6 is 0 Å². The molecule has 1 N–H and O–H groups in total. The molecule has 2 atom stereocenters. The molecule has 0 saturated carbocycles. The van der Waals surface area contributed by atoms with E-state index < -0.39 is 0 Å². The van der Waals surface area contributed by atoms with Gasteiger partial charge in [-0.05, 0) is 38.6 Å². The quantitative estimate of drug-likeness (QED) is 0.618. The largest absolute Gasteiger partial charge is 0.377 e. The Bertz CT molecular complexity index is 142. The molecule has 0 aliphatic carbocycles. The fourth-order valence-electron chi connectivity index (χ4n) is 2.09. The van der Waals surface area contributed by atoms with Crippen LogP contribution in [-0.4, -0.2) is 25.3 Å². The average molecular weight is 229 g/mol. The second-order valence-electron chi connectivity index (χ2n) is 4.92. The molecule has 0 aliphatic heterocycles. The molecule has 0 aromatic carbocycles. The summed E-state index contributed by atoms with van der Waals surface area (Å²) in [5.41, 5.74) is 0. The van der Waals surface area contributed by atoms with Gasteiger partial charge < -0.3 is 10.1 Å². The third-order valence-corrected chi connectivity index (χ3v) is 2.92. The minimum Gasteiger partial charge on any atom is -0.377 e. The van der Waals surface area contributed by atoms with Crippen LogP contribution in [0.25, 0.3) is 0 Å². The molecule has 0 amide bonds. The predicted octanol–water partition coefficient (Wildman–Crippen LogP) is 3.61. The first-order valence-corrected chi connectivity index (χ1v) is 7.00. The number of ether oxygens (including phenoxy) is 1. The van der Waals surface area contributed by atoms with Gasteiger partial charge in [-0.2, -0.15) is 0 Å². The first-order valence-electron chi connectivity index (χ1n) is 7.00. The van der Waals surface area contributed by atoms with E-state index in [0.717, 1.165) is 19.1 Å². The maximum absolute atomic E-state index is 5.87. The number of rotatable bonds is 10. The second kappa shape index (κ2) is 10.1. The molecule has 0 aromatic rings. The summed E-state index contributed by atoms with van der Waals surface area (Å²) in [5.74, 6) is 0.782. The second-order valence-corrected chi connectivity index (χ2v) is 4.92. The van der Waals surface area contributed by atoms with Crippen LogP contribution < -0.4 is 5.32 Å². The molecule has 0 radical (unpaired) electrons. The van der Waals surface area contributed by atoms with Crippen LogP contribution in [0.1, 0.15) is 60.3 Å². The molecule has 0 heterocycles. The highest BCUT2D eigenvalue weighted by Gasteiger charge is 2.20. The molecular weight excluding hydrogens is 198 g/mol. The molecule has 0 aliphatic rings. The molecule has 2 nitrogen and oxygen atoms in total. The zero-order chi connectivity index (χ0) is 12.4. The molecule has 16 heavy (non-hydrogen) atoms. The van der Waals surface area contributed by atoms with Crippen molar-refractivity contribution >= 4 is 0 Å². The summed E-state index contributed by atoms with van der Waals surface area (Å²) in [6.45, 7) is 12.9. The van der Waals surface area contributed by atoms with Crippen molar-refractivity contribution in [3.63, 3.8) is 0 Å². The van der Waals surface area contributed by atoms with Gasteiger partial charge in [-0.25, -0.2) is 0 Å². The smallest absolute Gasteiger partial charge is 0.0727 e. The first-order chi connectivity index (χ1) is 7.65. The van der Waals surface area contributed by atoms with E-state index in [1.165, 1.54) is 25.7 Å². The Morgan fingerprint density at radius 1 is 1.00 bits per heavy atom. The van der Waals surface area contributed by atoms with E-state index in [0.29, 0.717) is 12.1 Å². The van der Waals surface area contributed by atoms with Crippen molar-refractivity contribution < 1.29 is 4.74 Å². The number of hydrogen-bond acceptors (Lipinski definition) is 2. The summed E-state index contributed by atoms with van der Waals surface area (Å²) in [5, 5.41) is 3.58. The monoisotopic (exact) mass is 229 g/mol. The minimum absolute atomic E-state index is 0.397. The van der Waals surface area contributed by atoms with Gasteiger partial charge in [0.15, 0.2) is 0 Å². The van der Waals surface area contributed by atoms with Crippen LogP contribution in [0.15, 0.2) is 0 Å². The van der Waals surface area contributed by atoms with Gasteiger partial charge in [0.25, 0.3) is 0 Å². The van der Waals surface area contributed by atoms with Crippen LogP contribution in [-0.2, 0) is 4.74 Å². The van der Waals surface area contributed by atoms with Crippen molar-refractivity contribution in [1.82, 2.24) is 5.32 Å². The molecule has 2 heteroatoms. The van der Waals surface area contributed by atoms with Gasteiger partial charge in [-0.3, -0.25) is 0 Å². The Morgan fingerprint density at radius 2 is 1.69 bits per heavy atom. The van der Waals surface area contributed by atoms with Gasteiger partial charge in [0.2, 0.25) is 0 Å². The molecule has 0 spiro atoms. The van der Waals surface area contributed by atoms with Gasteiger partial charge in [-0.1, -0.05) is 34.1 Å². The molecular formula is C14H31NO. The normalized spacial score (nSPS) is 15.4. The number of hydrogen-bond donors (Lipinski definition) is 1. The van der Waals surface area contributed by atoms with E-state index in [1.807, 2.05) is 0 Å². The van der Waals surface area contributed by atoms with Gasteiger partial charge in [-0.15, -0.1) is 0 Å². The third kappa shape index (κ3) is 7.24. The Labute approximate surface area is 102 Å². The lowest BCUT2D eigenvalue weighted by atomic mass is 9.97. The summed E-state index contributed by atoms with van der Waals surface area (Å²) < 4.78 is 5.87. The summed E-state index contributed by atoms with van der Waals surface area (Å²) >= 11 is 0. The topological polar surface area (TPSA) is 21.3 Å².